The first kappa shape index (κ1) is 10.8. The summed E-state index contributed by atoms with van der Waals surface area (Å²) in [6.45, 7) is 4.32. The van der Waals surface area contributed by atoms with Crippen molar-refractivity contribution in [1.82, 2.24) is 9.97 Å². The van der Waals surface area contributed by atoms with Gasteiger partial charge in [0.25, 0.3) is 5.56 Å². The summed E-state index contributed by atoms with van der Waals surface area (Å²) in [5.41, 5.74) is -0.00292. The Balaban J connectivity index is 1.85. The Morgan fingerprint density at radius 3 is 2.94 bits per heavy atom. The Labute approximate surface area is 101 Å². The van der Waals surface area contributed by atoms with Crippen LogP contribution in [-0.4, -0.2) is 23.1 Å². The molecule has 1 atom stereocenters. The number of nitrogens with zero attached hydrogens (tertiary/aromatic N) is 2. The van der Waals surface area contributed by atoms with Crippen molar-refractivity contribution in [3.63, 3.8) is 0 Å². The van der Waals surface area contributed by atoms with E-state index in [9.17, 15) is 4.79 Å². The SMILES string of the molecule is CCC1CCN(c2cc(=O)[nH]c(C3CC3)n2)C1. The Hall–Kier alpha value is -1.32. The number of aromatic amines is 1. The van der Waals surface area contributed by atoms with Crippen molar-refractivity contribution in [2.24, 2.45) is 5.92 Å². The zero-order valence-corrected chi connectivity index (χ0v) is 10.3. The van der Waals surface area contributed by atoms with E-state index in [0.29, 0.717) is 5.92 Å². The fourth-order valence-electron chi connectivity index (χ4n) is 2.55. The van der Waals surface area contributed by atoms with E-state index in [1.807, 2.05) is 0 Å². The van der Waals surface area contributed by atoms with Gasteiger partial charge < -0.3 is 9.88 Å². The van der Waals surface area contributed by atoms with Gasteiger partial charge in [-0.1, -0.05) is 13.3 Å². The highest BCUT2D eigenvalue weighted by Gasteiger charge is 2.28. The van der Waals surface area contributed by atoms with Crippen molar-refractivity contribution in [3.8, 4) is 0 Å². The van der Waals surface area contributed by atoms with Crippen LogP contribution in [0.25, 0.3) is 0 Å². The predicted octanol–water partition coefficient (Wildman–Crippen LogP) is 1.88. The molecule has 17 heavy (non-hydrogen) atoms. The molecule has 1 unspecified atom stereocenters. The second-order valence-electron chi connectivity index (χ2n) is 5.27. The van der Waals surface area contributed by atoms with Crippen LogP contribution in [0.4, 0.5) is 5.82 Å². The second kappa shape index (κ2) is 4.17. The molecule has 4 nitrogen and oxygen atoms in total. The molecule has 2 fully saturated rings. The number of rotatable bonds is 3. The zero-order valence-electron chi connectivity index (χ0n) is 10.3. The van der Waals surface area contributed by atoms with E-state index < -0.39 is 0 Å². The highest BCUT2D eigenvalue weighted by molar-refractivity contribution is 5.39. The molecule has 3 rings (SSSR count). The fraction of sp³-hybridized carbons (Fsp3) is 0.692. The van der Waals surface area contributed by atoms with Crippen LogP contribution in [-0.2, 0) is 0 Å². The molecule has 0 aromatic carbocycles. The third kappa shape index (κ3) is 2.21. The van der Waals surface area contributed by atoms with Crippen molar-refractivity contribution in [2.75, 3.05) is 18.0 Å². The lowest BCUT2D eigenvalue weighted by molar-refractivity contribution is 0.568. The molecule has 92 valence electrons. The molecular formula is C13H19N3O. The number of aromatic nitrogens is 2. The Morgan fingerprint density at radius 1 is 1.47 bits per heavy atom. The zero-order chi connectivity index (χ0) is 11.8. The van der Waals surface area contributed by atoms with E-state index in [4.69, 9.17) is 0 Å². The molecule has 0 spiro atoms. The molecule has 1 saturated carbocycles. The summed E-state index contributed by atoms with van der Waals surface area (Å²) in [5, 5.41) is 0. The van der Waals surface area contributed by atoms with Gasteiger partial charge in [-0.3, -0.25) is 4.79 Å². The van der Waals surface area contributed by atoms with Gasteiger partial charge >= 0.3 is 0 Å². The van der Waals surface area contributed by atoms with Crippen LogP contribution >= 0.6 is 0 Å². The Morgan fingerprint density at radius 2 is 2.29 bits per heavy atom. The third-order valence-electron chi connectivity index (χ3n) is 3.90. The molecule has 1 aromatic rings. The van der Waals surface area contributed by atoms with Crippen LogP contribution in [0.15, 0.2) is 10.9 Å². The second-order valence-corrected chi connectivity index (χ2v) is 5.27. The summed E-state index contributed by atoms with van der Waals surface area (Å²) in [6.07, 6.45) is 4.78. The molecule has 1 N–H and O–H groups in total. The number of hydrogen-bond donors (Lipinski definition) is 1. The van der Waals surface area contributed by atoms with E-state index >= 15 is 0 Å². The molecule has 1 aromatic heterocycles. The number of hydrogen-bond acceptors (Lipinski definition) is 3. The first-order valence-electron chi connectivity index (χ1n) is 6.62. The molecule has 1 saturated heterocycles. The van der Waals surface area contributed by atoms with Crippen LogP contribution in [0.3, 0.4) is 0 Å². The maximum atomic E-state index is 11.6. The maximum absolute atomic E-state index is 11.6. The van der Waals surface area contributed by atoms with Gasteiger partial charge in [-0.2, -0.15) is 0 Å². The minimum atomic E-state index is -0.00292. The summed E-state index contributed by atoms with van der Waals surface area (Å²) in [5.74, 6) is 3.05. The van der Waals surface area contributed by atoms with E-state index in [0.717, 1.165) is 30.6 Å². The van der Waals surface area contributed by atoms with Gasteiger partial charge in [0.2, 0.25) is 0 Å². The van der Waals surface area contributed by atoms with Gasteiger partial charge in [-0.05, 0) is 25.2 Å². The maximum Gasteiger partial charge on any atom is 0.252 e. The topological polar surface area (TPSA) is 49.0 Å². The van der Waals surface area contributed by atoms with E-state index in [1.54, 1.807) is 6.07 Å². The molecule has 1 aliphatic carbocycles. The molecule has 0 radical (unpaired) electrons. The lowest BCUT2D eigenvalue weighted by Gasteiger charge is -2.17. The van der Waals surface area contributed by atoms with Gasteiger partial charge in [-0.25, -0.2) is 4.98 Å². The lowest BCUT2D eigenvalue weighted by Crippen LogP contribution is -2.24. The van der Waals surface area contributed by atoms with Crippen LogP contribution in [0.2, 0.25) is 0 Å². The average Bonchev–Trinajstić information content (AvgIpc) is 3.06. The smallest absolute Gasteiger partial charge is 0.252 e. The first-order chi connectivity index (χ1) is 8.26. The number of nitrogens with one attached hydrogen (secondary N) is 1. The lowest BCUT2D eigenvalue weighted by atomic mass is 10.1. The summed E-state index contributed by atoms with van der Waals surface area (Å²) >= 11 is 0. The fourth-order valence-corrected chi connectivity index (χ4v) is 2.55. The van der Waals surface area contributed by atoms with E-state index in [-0.39, 0.29) is 5.56 Å². The van der Waals surface area contributed by atoms with Crippen LogP contribution in [0.5, 0.6) is 0 Å². The molecule has 4 heteroatoms. The van der Waals surface area contributed by atoms with Gasteiger partial charge in [-0.15, -0.1) is 0 Å². The van der Waals surface area contributed by atoms with Crippen LogP contribution < -0.4 is 10.5 Å². The Bertz CT molecular complexity index is 464. The summed E-state index contributed by atoms with van der Waals surface area (Å²) in [7, 11) is 0. The van der Waals surface area contributed by atoms with Crippen LogP contribution in [0, 0.1) is 5.92 Å². The number of H-pyrrole nitrogens is 1. The van der Waals surface area contributed by atoms with Crippen LogP contribution in [0.1, 0.15) is 44.3 Å². The Kier molecular flexibility index (Phi) is 2.65. The number of anilines is 1. The standard InChI is InChI=1S/C13H19N3O/c1-2-9-5-6-16(8-9)11-7-12(17)15-13(14-11)10-3-4-10/h7,9-10H,2-6,8H2,1H3,(H,14,15,17). The molecule has 0 amide bonds. The summed E-state index contributed by atoms with van der Waals surface area (Å²) < 4.78 is 0. The minimum absolute atomic E-state index is 0.00292. The van der Waals surface area contributed by atoms with Crippen molar-refractivity contribution in [2.45, 2.75) is 38.5 Å². The minimum Gasteiger partial charge on any atom is -0.356 e. The monoisotopic (exact) mass is 233 g/mol. The summed E-state index contributed by atoms with van der Waals surface area (Å²) in [6, 6.07) is 1.64. The van der Waals surface area contributed by atoms with Crippen molar-refractivity contribution in [3.05, 3.63) is 22.2 Å². The van der Waals surface area contributed by atoms with Crippen molar-refractivity contribution < 1.29 is 0 Å². The highest BCUT2D eigenvalue weighted by atomic mass is 16.1. The van der Waals surface area contributed by atoms with Gasteiger partial charge in [0.1, 0.15) is 11.6 Å². The molecule has 1 aliphatic heterocycles. The van der Waals surface area contributed by atoms with Gasteiger partial charge in [0.15, 0.2) is 0 Å². The summed E-state index contributed by atoms with van der Waals surface area (Å²) in [4.78, 5) is 21.4. The van der Waals surface area contributed by atoms with Crippen molar-refractivity contribution >= 4 is 5.82 Å². The van der Waals surface area contributed by atoms with E-state index in [2.05, 4.69) is 21.8 Å². The first-order valence-corrected chi connectivity index (χ1v) is 6.62. The van der Waals surface area contributed by atoms with E-state index in [1.165, 1.54) is 25.7 Å². The quantitative estimate of drug-likeness (QED) is 0.867. The normalized spacial score (nSPS) is 24.3. The predicted molar refractivity (Wildman–Crippen MR) is 67.4 cm³/mol. The largest absolute Gasteiger partial charge is 0.356 e. The van der Waals surface area contributed by atoms with Gasteiger partial charge in [0.05, 0.1) is 0 Å². The third-order valence-corrected chi connectivity index (χ3v) is 3.90. The molecule has 2 heterocycles. The molecule has 0 bridgehead atoms. The average molecular weight is 233 g/mol. The molecule has 2 aliphatic rings. The molecular weight excluding hydrogens is 214 g/mol. The highest BCUT2D eigenvalue weighted by Crippen LogP contribution is 2.38. The van der Waals surface area contributed by atoms with Gasteiger partial charge in [0, 0.05) is 25.1 Å². The van der Waals surface area contributed by atoms with Crippen molar-refractivity contribution in [1.29, 1.82) is 0 Å².